The van der Waals surface area contributed by atoms with Gasteiger partial charge >= 0.3 is 0 Å². The van der Waals surface area contributed by atoms with Gasteiger partial charge in [-0.3, -0.25) is 4.79 Å². The number of nitrogens with one attached hydrogen (secondary N) is 1. The molecule has 0 aliphatic rings. The van der Waals surface area contributed by atoms with E-state index in [0.29, 0.717) is 13.0 Å². The first kappa shape index (κ1) is 14.0. The van der Waals surface area contributed by atoms with Crippen LogP contribution in [0.15, 0.2) is 0 Å². The predicted octanol–water partition coefficient (Wildman–Crippen LogP) is 2.73. The van der Waals surface area contributed by atoms with Crippen molar-refractivity contribution in [2.24, 2.45) is 5.92 Å². The molecule has 0 aliphatic carbocycles. The summed E-state index contributed by atoms with van der Waals surface area (Å²) in [7, 11) is 0. The first-order valence-electron chi connectivity index (χ1n) is 5.93. The minimum Gasteiger partial charge on any atom is -0.355 e. The van der Waals surface area contributed by atoms with E-state index in [1.54, 1.807) is 0 Å². The molecule has 0 bridgehead atoms. The molecule has 0 fully saturated rings. The zero-order valence-corrected chi connectivity index (χ0v) is 10.0. The van der Waals surface area contributed by atoms with Crippen molar-refractivity contribution in [2.45, 2.75) is 52.4 Å². The third-order valence-electron chi connectivity index (χ3n) is 2.51. The molecule has 86 valence electrons. The summed E-state index contributed by atoms with van der Waals surface area (Å²) in [6, 6.07) is 0. The Morgan fingerprint density at radius 2 is 2.13 bits per heavy atom. The molecule has 0 rings (SSSR count). The number of amides is 1. The molecule has 2 heteroatoms. The minimum absolute atomic E-state index is 0.125. The predicted molar refractivity (Wildman–Crippen MR) is 64.4 cm³/mol. The summed E-state index contributed by atoms with van der Waals surface area (Å²) in [5, 5.41) is 2.84. The van der Waals surface area contributed by atoms with Crippen LogP contribution in [0.1, 0.15) is 52.4 Å². The fraction of sp³-hybridized carbons (Fsp3) is 0.769. The largest absolute Gasteiger partial charge is 0.355 e. The molecule has 0 aromatic heterocycles. The molecule has 0 heterocycles. The molecule has 1 N–H and O–H groups in total. The molecule has 15 heavy (non-hydrogen) atoms. The number of hydrogen-bond acceptors (Lipinski definition) is 1. The molecule has 1 atom stereocenters. The Hall–Kier alpha value is -0.970. The number of hydrogen-bond donors (Lipinski definition) is 1. The van der Waals surface area contributed by atoms with Crippen LogP contribution in [0.5, 0.6) is 0 Å². The van der Waals surface area contributed by atoms with Crippen LogP contribution in [-0.4, -0.2) is 12.5 Å². The molecule has 0 spiro atoms. The molecular formula is C13H23NO. The van der Waals surface area contributed by atoms with E-state index >= 15 is 0 Å². The van der Waals surface area contributed by atoms with Gasteiger partial charge < -0.3 is 5.32 Å². The zero-order valence-electron chi connectivity index (χ0n) is 10.0. The maximum atomic E-state index is 11.5. The average Bonchev–Trinajstić information content (AvgIpc) is 2.24. The van der Waals surface area contributed by atoms with Gasteiger partial charge in [0.2, 0.25) is 5.91 Å². The molecule has 0 aromatic rings. The maximum Gasteiger partial charge on any atom is 0.222 e. The lowest BCUT2D eigenvalue weighted by Gasteiger charge is -2.10. The molecule has 2 nitrogen and oxygen atoms in total. The summed E-state index contributed by atoms with van der Waals surface area (Å²) in [6.45, 7) is 4.78. The van der Waals surface area contributed by atoms with Crippen LogP contribution in [0.2, 0.25) is 0 Å². The van der Waals surface area contributed by atoms with Gasteiger partial charge in [-0.25, -0.2) is 0 Å². The summed E-state index contributed by atoms with van der Waals surface area (Å²) < 4.78 is 0. The highest BCUT2D eigenvalue weighted by Gasteiger charge is 2.10. The van der Waals surface area contributed by atoms with Gasteiger partial charge in [-0.05, 0) is 6.42 Å². The average molecular weight is 209 g/mol. The highest BCUT2D eigenvalue weighted by atomic mass is 16.1. The van der Waals surface area contributed by atoms with Crippen LogP contribution in [0.25, 0.3) is 0 Å². The number of terminal acetylenes is 1. The third kappa shape index (κ3) is 8.05. The molecule has 0 unspecified atom stereocenters. The fourth-order valence-electron chi connectivity index (χ4n) is 1.44. The Morgan fingerprint density at radius 3 is 2.73 bits per heavy atom. The second-order valence-electron chi connectivity index (χ2n) is 4.00. The Labute approximate surface area is 93.8 Å². The van der Waals surface area contributed by atoms with Gasteiger partial charge in [-0.1, -0.05) is 39.5 Å². The van der Waals surface area contributed by atoms with Gasteiger partial charge in [0, 0.05) is 18.9 Å². The maximum absolute atomic E-state index is 11.5. The highest BCUT2D eigenvalue weighted by molar-refractivity contribution is 5.78. The van der Waals surface area contributed by atoms with Gasteiger partial charge in [0.05, 0.1) is 0 Å². The van der Waals surface area contributed by atoms with Crippen LogP contribution < -0.4 is 5.32 Å². The van der Waals surface area contributed by atoms with E-state index in [4.69, 9.17) is 6.42 Å². The molecule has 0 saturated carbocycles. The number of carbonyl (C=O) groups excluding carboxylic acids is 1. The lowest BCUT2D eigenvalue weighted by atomic mass is 10.0. The summed E-state index contributed by atoms with van der Waals surface area (Å²) in [5.74, 6) is 2.77. The smallest absolute Gasteiger partial charge is 0.222 e. The number of unbranched alkanes of at least 4 members (excludes halogenated alkanes) is 3. The van der Waals surface area contributed by atoms with Crippen molar-refractivity contribution in [3.05, 3.63) is 0 Å². The van der Waals surface area contributed by atoms with E-state index in [9.17, 15) is 4.79 Å². The van der Waals surface area contributed by atoms with Gasteiger partial charge in [0.1, 0.15) is 0 Å². The van der Waals surface area contributed by atoms with Gasteiger partial charge in [0.25, 0.3) is 0 Å². The second-order valence-corrected chi connectivity index (χ2v) is 4.00. The van der Waals surface area contributed by atoms with Crippen molar-refractivity contribution < 1.29 is 4.79 Å². The van der Waals surface area contributed by atoms with Crippen molar-refractivity contribution in [3.8, 4) is 12.3 Å². The SMILES string of the molecule is C#CCCNC(=O)[C@H](C)CCCCCC. The first-order valence-corrected chi connectivity index (χ1v) is 5.93. The molecule has 1 amide bonds. The van der Waals surface area contributed by atoms with E-state index in [0.717, 1.165) is 12.8 Å². The van der Waals surface area contributed by atoms with Crippen molar-refractivity contribution in [1.29, 1.82) is 0 Å². The van der Waals surface area contributed by atoms with E-state index in [1.807, 2.05) is 6.92 Å². The van der Waals surface area contributed by atoms with Crippen LogP contribution in [0, 0.1) is 18.3 Å². The van der Waals surface area contributed by atoms with Crippen LogP contribution in [-0.2, 0) is 4.79 Å². The van der Waals surface area contributed by atoms with Crippen molar-refractivity contribution >= 4 is 5.91 Å². The van der Waals surface area contributed by atoms with Gasteiger partial charge in [0.15, 0.2) is 0 Å². The Kier molecular flexibility index (Phi) is 8.96. The van der Waals surface area contributed by atoms with Crippen molar-refractivity contribution in [1.82, 2.24) is 5.32 Å². The van der Waals surface area contributed by atoms with Gasteiger partial charge in [-0.15, -0.1) is 12.3 Å². The topological polar surface area (TPSA) is 29.1 Å². The standard InChI is InChI=1S/C13H23NO/c1-4-6-8-9-10-12(3)13(15)14-11-7-5-2/h2,12H,4,6-11H2,1,3H3,(H,14,15)/t12-/m1/s1. The highest BCUT2D eigenvalue weighted by Crippen LogP contribution is 2.10. The second kappa shape index (κ2) is 9.58. The molecule has 0 aliphatic heterocycles. The third-order valence-corrected chi connectivity index (χ3v) is 2.51. The fourth-order valence-corrected chi connectivity index (χ4v) is 1.44. The van der Waals surface area contributed by atoms with Gasteiger partial charge in [-0.2, -0.15) is 0 Å². The summed E-state index contributed by atoms with van der Waals surface area (Å²) in [5.41, 5.74) is 0. The quantitative estimate of drug-likeness (QED) is 0.483. The summed E-state index contributed by atoms with van der Waals surface area (Å²) in [4.78, 5) is 11.5. The van der Waals surface area contributed by atoms with E-state index in [2.05, 4.69) is 18.2 Å². The van der Waals surface area contributed by atoms with Crippen LogP contribution in [0.4, 0.5) is 0 Å². The molecule has 0 saturated heterocycles. The molecule has 0 radical (unpaired) electrons. The van der Waals surface area contributed by atoms with Crippen LogP contribution >= 0.6 is 0 Å². The Balaban J connectivity index is 3.47. The summed E-state index contributed by atoms with van der Waals surface area (Å²) in [6.07, 6.45) is 11.6. The number of rotatable bonds is 8. The van der Waals surface area contributed by atoms with E-state index in [1.165, 1.54) is 19.3 Å². The van der Waals surface area contributed by atoms with E-state index in [-0.39, 0.29) is 11.8 Å². The first-order chi connectivity index (χ1) is 7.22. The number of carbonyl (C=O) groups is 1. The minimum atomic E-state index is 0.125. The molecular weight excluding hydrogens is 186 g/mol. The van der Waals surface area contributed by atoms with E-state index < -0.39 is 0 Å². The normalized spacial score (nSPS) is 11.8. The lowest BCUT2D eigenvalue weighted by Crippen LogP contribution is -2.29. The lowest BCUT2D eigenvalue weighted by molar-refractivity contribution is -0.124. The van der Waals surface area contributed by atoms with Crippen LogP contribution in [0.3, 0.4) is 0 Å². The Morgan fingerprint density at radius 1 is 1.40 bits per heavy atom. The monoisotopic (exact) mass is 209 g/mol. The zero-order chi connectivity index (χ0) is 11.5. The van der Waals surface area contributed by atoms with Crippen molar-refractivity contribution in [3.63, 3.8) is 0 Å². The van der Waals surface area contributed by atoms with Crippen molar-refractivity contribution in [2.75, 3.05) is 6.54 Å². The molecule has 0 aromatic carbocycles. The summed E-state index contributed by atoms with van der Waals surface area (Å²) >= 11 is 0. The Bertz CT molecular complexity index is 205.